The Morgan fingerprint density at radius 2 is 1.80 bits per heavy atom. The Labute approximate surface area is 67.0 Å². The first-order valence-corrected chi connectivity index (χ1v) is 5.04. The van der Waals surface area contributed by atoms with Gasteiger partial charge in [-0.15, -0.1) is 9.24 Å². The van der Waals surface area contributed by atoms with Gasteiger partial charge in [0, 0.05) is 0 Å². The highest BCUT2D eigenvalue weighted by Gasteiger charge is 2.44. The summed E-state index contributed by atoms with van der Waals surface area (Å²) in [6.07, 6.45) is 5.63. The van der Waals surface area contributed by atoms with Gasteiger partial charge in [0.1, 0.15) is 0 Å². The van der Waals surface area contributed by atoms with Crippen molar-refractivity contribution in [1.29, 1.82) is 0 Å². The molecule has 0 aromatic rings. The Balaban J connectivity index is 2.65. The average Bonchev–Trinajstić information content (AvgIpc) is 1.58. The summed E-state index contributed by atoms with van der Waals surface area (Å²) in [4.78, 5) is 0. The number of hydrogen-bond donors (Lipinski definition) is 0. The molecule has 10 heavy (non-hydrogen) atoms. The van der Waals surface area contributed by atoms with E-state index in [4.69, 9.17) is 0 Å². The molecule has 1 aliphatic carbocycles. The lowest BCUT2D eigenvalue weighted by molar-refractivity contribution is 0.0229. The van der Waals surface area contributed by atoms with Gasteiger partial charge in [0.25, 0.3) is 0 Å². The summed E-state index contributed by atoms with van der Waals surface area (Å²) in [7, 11) is 2.91. The molecule has 0 aromatic heterocycles. The fourth-order valence-corrected chi connectivity index (χ4v) is 2.88. The highest BCUT2D eigenvalue weighted by atomic mass is 31.0. The van der Waals surface area contributed by atoms with Crippen molar-refractivity contribution in [2.75, 3.05) is 6.16 Å². The summed E-state index contributed by atoms with van der Waals surface area (Å²) in [6.45, 7) is 7.11. The van der Waals surface area contributed by atoms with Crippen LogP contribution in [0.4, 0.5) is 0 Å². The maximum absolute atomic E-state index is 2.91. The van der Waals surface area contributed by atoms with Crippen LogP contribution in [0.5, 0.6) is 0 Å². The topological polar surface area (TPSA) is 0 Å². The van der Waals surface area contributed by atoms with Gasteiger partial charge in [0.15, 0.2) is 0 Å². The van der Waals surface area contributed by atoms with E-state index < -0.39 is 0 Å². The first-order chi connectivity index (χ1) is 4.52. The van der Waals surface area contributed by atoms with Gasteiger partial charge in [0.05, 0.1) is 0 Å². The van der Waals surface area contributed by atoms with Gasteiger partial charge in [-0.05, 0) is 29.8 Å². The summed E-state index contributed by atoms with van der Waals surface area (Å²) >= 11 is 0. The van der Waals surface area contributed by atoms with Crippen molar-refractivity contribution in [2.24, 2.45) is 10.8 Å². The molecule has 0 heterocycles. The van der Waals surface area contributed by atoms with E-state index in [1.807, 2.05) is 0 Å². The number of hydrogen-bond acceptors (Lipinski definition) is 0. The van der Waals surface area contributed by atoms with Crippen LogP contribution >= 0.6 is 9.24 Å². The van der Waals surface area contributed by atoms with Crippen LogP contribution in [0.15, 0.2) is 0 Å². The monoisotopic (exact) mass is 158 g/mol. The molecule has 0 bridgehead atoms. The van der Waals surface area contributed by atoms with Crippen LogP contribution in [0, 0.1) is 10.8 Å². The quantitative estimate of drug-likeness (QED) is 0.514. The van der Waals surface area contributed by atoms with E-state index in [1.165, 1.54) is 25.4 Å². The summed E-state index contributed by atoms with van der Waals surface area (Å²) in [6, 6.07) is 0. The van der Waals surface area contributed by atoms with E-state index >= 15 is 0 Å². The minimum Gasteiger partial charge on any atom is -0.137 e. The third kappa shape index (κ3) is 1.11. The van der Waals surface area contributed by atoms with Crippen molar-refractivity contribution in [2.45, 2.75) is 40.0 Å². The minimum absolute atomic E-state index is 0.521. The second-order valence-electron chi connectivity index (χ2n) is 4.59. The maximum Gasteiger partial charge on any atom is -0.0214 e. The van der Waals surface area contributed by atoms with Crippen LogP contribution in [0.3, 0.4) is 0 Å². The molecule has 0 aromatic carbocycles. The molecular weight excluding hydrogens is 139 g/mol. The molecule has 1 saturated carbocycles. The van der Waals surface area contributed by atoms with E-state index in [9.17, 15) is 0 Å². The summed E-state index contributed by atoms with van der Waals surface area (Å²) in [5.74, 6) is 0. The molecule has 0 nitrogen and oxygen atoms in total. The molecule has 1 aliphatic rings. The van der Waals surface area contributed by atoms with Crippen LogP contribution in [-0.2, 0) is 0 Å². The van der Waals surface area contributed by atoms with Crippen molar-refractivity contribution in [1.82, 2.24) is 0 Å². The van der Waals surface area contributed by atoms with Gasteiger partial charge >= 0.3 is 0 Å². The zero-order valence-corrected chi connectivity index (χ0v) is 8.56. The molecule has 1 fully saturated rings. The lowest BCUT2D eigenvalue weighted by Gasteiger charge is -2.51. The van der Waals surface area contributed by atoms with Crippen molar-refractivity contribution >= 4 is 9.24 Å². The molecule has 1 unspecified atom stereocenters. The third-order valence-electron chi connectivity index (χ3n) is 3.29. The molecule has 0 spiro atoms. The first kappa shape index (κ1) is 8.53. The summed E-state index contributed by atoms with van der Waals surface area (Å²) in [5, 5.41) is 0. The Kier molecular flexibility index (Phi) is 2.12. The van der Waals surface area contributed by atoms with Crippen LogP contribution in [0.1, 0.15) is 40.0 Å². The van der Waals surface area contributed by atoms with Crippen LogP contribution in [0.2, 0.25) is 0 Å². The van der Waals surface area contributed by atoms with E-state index in [1.54, 1.807) is 0 Å². The normalized spacial score (nSPS) is 24.0. The Morgan fingerprint density at radius 3 is 1.80 bits per heavy atom. The molecule has 1 heteroatoms. The lowest BCUT2D eigenvalue weighted by atomic mass is 9.56. The fraction of sp³-hybridized carbons (Fsp3) is 1.00. The largest absolute Gasteiger partial charge is 0.137 e. The van der Waals surface area contributed by atoms with Crippen LogP contribution < -0.4 is 0 Å². The molecular formula is C9H19P. The first-order valence-electron chi connectivity index (χ1n) is 4.22. The van der Waals surface area contributed by atoms with E-state index in [2.05, 4.69) is 30.0 Å². The maximum atomic E-state index is 2.91. The van der Waals surface area contributed by atoms with Crippen molar-refractivity contribution in [3.8, 4) is 0 Å². The van der Waals surface area contributed by atoms with Gasteiger partial charge in [-0.25, -0.2) is 0 Å². The standard InChI is InChI=1S/C9H19P/c1-8(2,3)9(7-10)5-4-6-9/h4-7,10H2,1-3H3. The highest BCUT2D eigenvalue weighted by Crippen LogP contribution is 2.54. The molecule has 1 rings (SSSR count). The Hall–Kier alpha value is 0.430. The zero-order chi connectivity index (χ0) is 7.83. The van der Waals surface area contributed by atoms with Crippen molar-refractivity contribution in [3.63, 3.8) is 0 Å². The summed E-state index contributed by atoms with van der Waals surface area (Å²) in [5.41, 5.74) is 1.19. The Bertz CT molecular complexity index is 112. The zero-order valence-electron chi connectivity index (χ0n) is 7.41. The molecule has 0 radical (unpaired) electrons. The molecule has 0 amide bonds. The van der Waals surface area contributed by atoms with Gasteiger partial charge in [-0.2, -0.15) is 0 Å². The van der Waals surface area contributed by atoms with E-state index in [0.717, 1.165) is 0 Å². The van der Waals surface area contributed by atoms with Gasteiger partial charge in [0.2, 0.25) is 0 Å². The number of rotatable bonds is 1. The molecule has 0 aliphatic heterocycles. The highest BCUT2D eigenvalue weighted by molar-refractivity contribution is 7.16. The lowest BCUT2D eigenvalue weighted by Crippen LogP contribution is -2.43. The predicted molar refractivity (Wildman–Crippen MR) is 50.3 cm³/mol. The van der Waals surface area contributed by atoms with Crippen molar-refractivity contribution < 1.29 is 0 Å². The van der Waals surface area contributed by atoms with Crippen molar-refractivity contribution in [3.05, 3.63) is 0 Å². The SMILES string of the molecule is CC(C)(C)C1(CP)CCC1. The van der Waals surface area contributed by atoms with Gasteiger partial charge in [-0.3, -0.25) is 0 Å². The van der Waals surface area contributed by atoms with E-state index in [0.29, 0.717) is 10.8 Å². The molecule has 0 saturated heterocycles. The molecule has 60 valence electrons. The third-order valence-corrected chi connectivity index (χ3v) is 4.07. The fourth-order valence-electron chi connectivity index (χ4n) is 1.86. The van der Waals surface area contributed by atoms with Crippen LogP contribution in [0.25, 0.3) is 0 Å². The second-order valence-corrected chi connectivity index (χ2v) is 5.00. The Morgan fingerprint density at radius 1 is 1.30 bits per heavy atom. The smallest absolute Gasteiger partial charge is 0.0214 e. The average molecular weight is 158 g/mol. The molecule has 1 atom stereocenters. The van der Waals surface area contributed by atoms with E-state index in [-0.39, 0.29) is 0 Å². The minimum atomic E-state index is 0.521. The summed E-state index contributed by atoms with van der Waals surface area (Å²) < 4.78 is 0. The van der Waals surface area contributed by atoms with Gasteiger partial charge in [-0.1, -0.05) is 27.2 Å². The predicted octanol–water partition coefficient (Wildman–Crippen LogP) is 3.08. The van der Waals surface area contributed by atoms with Crippen LogP contribution in [-0.4, -0.2) is 6.16 Å². The molecule has 0 N–H and O–H groups in total. The van der Waals surface area contributed by atoms with Gasteiger partial charge < -0.3 is 0 Å². The second kappa shape index (κ2) is 2.48.